The summed E-state index contributed by atoms with van der Waals surface area (Å²) in [5.41, 5.74) is 15.4. The third kappa shape index (κ3) is 6.34. The maximum atomic E-state index is 13.2. The number of nitrogen functional groups attached to an aromatic ring is 1. The first kappa shape index (κ1) is 27.4. The fourth-order valence-electron chi connectivity index (χ4n) is 4.33. The average molecular weight is 565 g/mol. The van der Waals surface area contributed by atoms with Crippen molar-refractivity contribution in [2.24, 2.45) is 5.73 Å². The van der Waals surface area contributed by atoms with E-state index in [2.05, 4.69) is 10.3 Å². The highest BCUT2D eigenvalue weighted by atomic mass is 32.1. The van der Waals surface area contributed by atoms with Gasteiger partial charge in [0, 0.05) is 41.8 Å². The summed E-state index contributed by atoms with van der Waals surface area (Å²) in [4.78, 5) is 45.3. The quantitative estimate of drug-likeness (QED) is 0.210. The molecule has 0 saturated heterocycles. The highest BCUT2D eigenvalue weighted by Crippen LogP contribution is 2.27. The molecule has 0 radical (unpaired) electrons. The maximum absolute atomic E-state index is 13.2. The summed E-state index contributed by atoms with van der Waals surface area (Å²) in [5.74, 6) is -0.676. The molecule has 0 aliphatic carbocycles. The Morgan fingerprint density at radius 3 is 2.54 bits per heavy atom. The normalized spacial score (nSPS) is 11.1. The van der Waals surface area contributed by atoms with Gasteiger partial charge in [-0.25, -0.2) is 4.98 Å². The first-order chi connectivity index (χ1) is 19.8. The smallest absolute Gasteiger partial charge is 0.268 e. The number of rotatable bonds is 9. The lowest BCUT2D eigenvalue weighted by atomic mass is 10.2. The second-order valence-electron chi connectivity index (χ2n) is 9.37. The van der Waals surface area contributed by atoms with Crippen LogP contribution in [0.3, 0.4) is 0 Å². The summed E-state index contributed by atoms with van der Waals surface area (Å²) >= 11 is 1.34. The summed E-state index contributed by atoms with van der Waals surface area (Å²) < 4.78 is 1.75. The van der Waals surface area contributed by atoms with Crippen molar-refractivity contribution in [2.75, 3.05) is 23.0 Å². The molecule has 10 heteroatoms. The summed E-state index contributed by atoms with van der Waals surface area (Å²) in [7, 11) is 1.69. The SMILES string of the molecule is CN(C(=O)c1ccccc1)c1ccc2c(c1)nc(NC(=O)c1ccc(/C=C/c3cccc(N)c3)s1)n2CCC(N)=O. The Bertz CT molecular complexity index is 1770. The fraction of sp³-hybridized carbons (Fsp3) is 0.0968. The lowest BCUT2D eigenvalue weighted by molar-refractivity contribution is -0.118. The number of imidazole rings is 1. The minimum Gasteiger partial charge on any atom is -0.399 e. The summed E-state index contributed by atoms with van der Waals surface area (Å²) in [6, 6.07) is 25.5. The third-order valence-electron chi connectivity index (χ3n) is 6.45. The van der Waals surface area contributed by atoms with E-state index in [1.54, 1.807) is 46.8 Å². The molecule has 3 amide bonds. The van der Waals surface area contributed by atoms with Crippen molar-refractivity contribution in [1.29, 1.82) is 0 Å². The molecule has 5 aromatic rings. The average Bonchev–Trinajstić information content (AvgIpc) is 3.59. The van der Waals surface area contributed by atoms with Crippen LogP contribution >= 0.6 is 11.3 Å². The zero-order chi connectivity index (χ0) is 28.9. The number of hydrogen-bond donors (Lipinski definition) is 3. The molecule has 206 valence electrons. The number of aromatic nitrogens is 2. The fourth-order valence-corrected chi connectivity index (χ4v) is 5.14. The van der Waals surface area contributed by atoms with Crippen molar-refractivity contribution in [3.05, 3.63) is 106 Å². The van der Waals surface area contributed by atoms with E-state index in [0.717, 1.165) is 10.4 Å². The number of hydrogen-bond acceptors (Lipinski definition) is 6. The maximum Gasteiger partial charge on any atom is 0.268 e. The molecule has 0 aliphatic heterocycles. The number of nitrogens with zero attached hydrogens (tertiary/aromatic N) is 3. The minimum absolute atomic E-state index is 0.0699. The van der Waals surface area contributed by atoms with Gasteiger partial charge in [-0.2, -0.15) is 0 Å². The van der Waals surface area contributed by atoms with Crippen molar-refractivity contribution in [3.63, 3.8) is 0 Å². The van der Waals surface area contributed by atoms with Gasteiger partial charge in [0.05, 0.1) is 15.9 Å². The molecule has 2 heterocycles. The Morgan fingerprint density at radius 2 is 1.78 bits per heavy atom. The number of carbonyl (C=O) groups is 3. The van der Waals surface area contributed by atoms with Crippen LogP contribution < -0.4 is 21.7 Å². The molecule has 41 heavy (non-hydrogen) atoms. The highest BCUT2D eigenvalue weighted by Gasteiger charge is 2.19. The number of benzene rings is 3. The number of fused-ring (bicyclic) bond motifs is 1. The van der Waals surface area contributed by atoms with E-state index in [9.17, 15) is 14.4 Å². The van der Waals surface area contributed by atoms with Crippen molar-refractivity contribution < 1.29 is 14.4 Å². The Labute approximate surface area is 240 Å². The van der Waals surface area contributed by atoms with Crippen molar-refractivity contribution in [3.8, 4) is 0 Å². The van der Waals surface area contributed by atoms with Gasteiger partial charge >= 0.3 is 0 Å². The number of thiophene rings is 1. The van der Waals surface area contributed by atoms with Crippen molar-refractivity contribution in [2.45, 2.75) is 13.0 Å². The first-order valence-electron chi connectivity index (χ1n) is 12.8. The predicted molar refractivity (Wildman–Crippen MR) is 165 cm³/mol. The van der Waals surface area contributed by atoms with Crippen LogP contribution in [0.25, 0.3) is 23.2 Å². The molecule has 0 aliphatic rings. The molecule has 0 atom stereocenters. The highest BCUT2D eigenvalue weighted by molar-refractivity contribution is 7.15. The van der Waals surface area contributed by atoms with E-state index in [4.69, 9.17) is 11.5 Å². The van der Waals surface area contributed by atoms with Gasteiger partial charge in [0.2, 0.25) is 11.9 Å². The number of carbonyl (C=O) groups excluding carboxylic acids is 3. The van der Waals surface area contributed by atoms with E-state index >= 15 is 0 Å². The van der Waals surface area contributed by atoms with Crippen LogP contribution in [0.15, 0.2) is 84.9 Å². The third-order valence-corrected chi connectivity index (χ3v) is 7.50. The summed E-state index contributed by atoms with van der Waals surface area (Å²) in [6.45, 7) is 0.234. The van der Waals surface area contributed by atoms with E-state index in [1.807, 2.05) is 66.7 Å². The van der Waals surface area contributed by atoms with Gasteiger partial charge in [-0.15, -0.1) is 11.3 Å². The second-order valence-corrected chi connectivity index (χ2v) is 10.5. The van der Waals surface area contributed by atoms with E-state index in [1.165, 1.54) is 11.3 Å². The van der Waals surface area contributed by atoms with Crippen LogP contribution in [0.1, 0.15) is 36.9 Å². The standard InChI is InChI=1S/C31H28N6O3S/c1-36(30(40)21-7-3-2-4-8-21)23-11-14-26-25(19-23)34-31(37(26)17-16-28(33)38)35-29(39)27-15-13-24(41-27)12-10-20-6-5-9-22(32)18-20/h2-15,18-19H,16-17,32H2,1H3,(H2,33,38)(H,34,35,39)/b12-10+. The minimum atomic E-state index is -0.469. The van der Waals surface area contributed by atoms with E-state index in [-0.39, 0.29) is 30.7 Å². The Hall–Kier alpha value is -5.22. The first-order valence-corrected chi connectivity index (χ1v) is 13.7. The molecule has 0 saturated carbocycles. The Kier molecular flexibility index (Phi) is 7.93. The molecular weight excluding hydrogens is 536 g/mol. The van der Waals surface area contributed by atoms with Gasteiger partial charge in [0.25, 0.3) is 11.8 Å². The molecule has 5 N–H and O–H groups in total. The van der Waals surface area contributed by atoms with E-state index < -0.39 is 5.91 Å². The Balaban J connectivity index is 1.39. The zero-order valence-corrected chi connectivity index (χ0v) is 23.1. The number of anilines is 3. The number of amides is 3. The van der Waals surface area contributed by atoms with Crippen LogP contribution in [0.5, 0.6) is 0 Å². The second kappa shape index (κ2) is 11.9. The summed E-state index contributed by atoms with van der Waals surface area (Å²) in [5, 5.41) is 2.88. The predicted octanol–water partition coefficient (Wildman–Crippen LogP) is 5.25. The number of nitrogens with one attached hydrogen (secondary N) is 1. The van der Waals surface area contributed by atoms with E-state index in [0.29, 0.717) is 32.8 Å². The van der Waals surface area contributed by atoms with Gasteiger partial charge in [-0.05, 0) is 66.2 Å². The van der Waals surface area contributed by atoms with Crippen LogP contribution in [0, 0.1) is 0 Å². The molecule has 2 aromatic heterocycles. The molecule has 0 fully saturated rings. The number of primary amides is 1. The summed E-state index contributed by atoms with van der Waals surface area (Å²) in [6.07, 6.45) is 3.93. The monoisotopic (exact) mass is 564 g/mol. The topological polar surface area (TPSA) is 136 Å². The lowest BCUT2D eigenvalue weighted by Crippen LogP contribution is -2.26. The van der Waals surface area contributed by atoms with Gasteiger partial charge in [0.1, 0.15) is 0 Å². The molecule has 0 spiro atoms. The van der Waals surface area contributed by atoms with Gasteiger partial charge < -0.3 is 20.9 Å². The van der Waals surface area contributed by atoms with Crippen LogP contribution in [-0.2, 0) is 11.3 Å². The van der Waals surface area contributed by atoms with Crippen LogP contribution in [-0.4, -0.2) is 34.3 Å². The van der Waals surface area contributed by atoms with Gasteiger partial charge in [0.15, 0.2) is 0 Å². The van der Waals surface area contributed by atoms with Crippen LogP contribution in [0.2, 0.25) is 0 Å². The molecule has 9 nitrogen and oxygen atoms in total. The van der Waals surface area contributed by atoms with Gasteiger partial charge in [-0.1, -0.05) is 36.4 Å². The molecule has 0 unspecified atom stereocenters. The van der Waals surface area contributed by atoms with Gasteiger partial charge in [-0.3, -0.25) is 19.7 Å². The Morgan fingerprint density at radius 1 is 0.976 bits per heavy atom. The molecular formula is C31H28N6O3S. The van der Waals surface area contributed by atoms with Crippen LogP contribution in [0.4, 0.5) is 17.3 Å². The van der Waals surface area contributed by atoms with Crippen molar-refractivity contribution >= 4 is 69.6 Å². The number of nitrogens with two attached hydrogens (primary N) is 2. The zero-order valence-electron chi connectivity index (χ0n) is 22.3. The lowest BCUT2D eigenvalue weighted by Gasteiger charge is -2.17. The molecule has 5 rings (SSSR count). The largest absolute Gasteiger partial charge is 0.399 e. The van der Waals surface area contributed by atoms with Crippen molar-refractivity contribution in [1.82, 2.24) is 9.55 Å². The number of aryl methyl sites for hydroxylation is 1. The molecule has 0 bridgehead atoms. The molecule has 3 aromatic carbocycles.